The molecule has 0 saturated heterocycles. The van der Waals surface area contributed by atoms with Crippen LogP contribution < -0.4 is 10.1 Å². The zero-order valence-electron chi connectivity index (χ0n) is 13.6. The van der Waals surface area contributed by atoms with Crippen LogP contribution in [0.1, 0.15) is 23.9 Å². The smallest absolute Gasteiger partial charge is 0.321 e. The van der Waals surface area contributed by atoms with Crippen molar-refractivity contribution in [1.82, 2.24) is 10.1 Å². The highest BCUT2D eigenvalue weighted by Crippen LogP contribution is 2.21. The second-order valence-electron chi connectivity index (χ2n) is 5.17. The quantitative estimate of drug-likeness (QED) is 0.915. The summed E-state index contributed by atoms with van der Waals surface area (Å²) < 4.78 is 24.0. The molecule has 0 aliphatic carbocycles. The van der Waals surface area contributed by atoms with Gasteiger partial charge < -0.3 is 19.5 Å². The minimum Gasteiger partial charge on any atom is -0.491 e. The molecule has 6 nitrogen and oxygen atoms in total. The van der Waals surface area contributed by atoms with Gasteiger partial charge in [-0.15, -0.1) is 0 Å². The van der Waals surface area contributed by atoms with Crippen molar-refractivity contribution in [1.29, 1.82) is 0 Å². The molecule has 124 valence electrons. The van der Waals surface area contributed by atoms with Gasteiger partial charge in [-0.1, -0.05) is 5.16 Å². The normalized spacial score (nSPS) is 10.5. The molecule has 0 bridgehead atoms. The van der Waals surface area contributed by atoms with E-state index in [1.54, 1.807) is 27.0 Å². The van der Waals surface area contributed by atoms with E-state index < -0.39 is 5.82 Å². The number of amides is 2. The third-order valence-corrected chi connectivity index (χ3v) is 3.41. The number of hydrogen-bond acceptors (Lipinski definition) is 4. The fourth-order valence-corrected chi connectivity index (χ4v) is 2.11. The first kappa shape index (κ1) is 16.8. The van der Waals surface area contributed by atoms with Crippen molar-refractivity contribution < 1.29 is 18.4 Å². The molecular weight excluding hydrogens is 301 g/mol. The number of ether oxygens (including phenoxy) is 1. The number of carbonyl (C=O) groups is 1. The molecule has 0 aliphatic heterocycles. The number of nitrogens with one attached hydrogen (secondary N) is 1. The number of carbonyl (C=O) groups excluding carboxylic acids is 1. The molecule has 0 unspecified atom stereocenters. The Morgan fingerprint density at radius 3 is 2.74 bits per heavy atom. The van der Waals surface area contributed by atoms with Gasteiger partial charge in [-0.25, -0.2) is 9.18 Å². The van der Waals surface area contributed by atoms with Crippen LogP contribution in [-0.4, -0.2) is 29.7 Å². The van der Waals surface area contributed by atoms with Gasteiger partial charge in [-0.3, -0.25) is 0 Å². The molecule has 0 atom stereocenters. The molecular formula is C16H20FN3O3. The number of aryl methyl sites for hydroxylation is 2. The Balaban J connectivity index is 2.02. The summed E-state index contributed by atoms with van der Waals surface area (Å²) in [5.41, 5.74) is 1.97. The van der Waals surface area contributed by atoms with Crippen LogP contribution in [0.25, 0.3) is 0 Å². The molecule has 0 radical (unpaired) electrons. The summed E-state index contributed by atoms with van der Waals surface area (Å²) in [6.07, 6.45) is 0. The van der Waals surface area contributed by atoms with Gasteiger partial charge in [0.15, 0.2) is 11.6 Å². The lowest BCUT2D eigenvalue weighted by molar-refractivity contribution is 0.220. The van der Waals surface area contributed by atoms with E-state index in [1.165, 1.54) is 17.0 Å². The van der Waals surface area contributed by atoms with Crippen LogP contribution in [0.15, 0.2) is 22.7 Å². The standard InChI is InChI=1S/C16H20FN3O3/c1-5-22-15-7-6-12(8-14(15)17)18-16(21)20(4)9-13-10(2)19-23-11(13)3/h6-8H,5,9H2,1-4H3,(H,18,21). The lowest BCUT2D eigenvalue weighted by Gasteiger charge is -2.18. The summed E-state index contributed by atoms with van der Waals surface area (Å²) in [5.74, 6) is 0.321. The van der Waals surface area contributed by atoms with Gasteiger partial charge in [0, 0.05) is 24.4 Å². The summed E-state index contributed by atoms with van der Waals surface area (Å²) in [6.45, 7) is 6.12. The van der Waals surface area contributed by atoms with Gasteiger partial charge >= 0.3 is 6.03 Å². The Hall–Kier alpha value is -2.57. The van der Waals surface area contributed by atoms with Gasteiger partial charge in [0.1, 0.15) is 5.76 Å². The summed E-state index contributed by atoms with van der Waals surface area (Å²) in [5, 5.41) is 6.50. The molecule has 0 fully saturated rings. The number of anilines is 1. The van der Waals surface area contributed by atoms with E-state index in [2.05, 4.69) is 10.5 Å². The molecule has 0 spiro atoms. The molecule has 1 aromatic heterocycles. The fraction of sp³-hybridized carbons (Fsp3) is 0.375. The topological polar surface area (TPSA) is 67.6 Å². The van der Waals surface area contributed by atoms with E-state index in [-0.39, 0.29) is 11.8 Å². The first-order valence-electron chi connectivity index (χ1n) is 7.28. The molecule has 1 aromatic carbocycles. The highest BCUT2D eigenvalue weighted by Gasteiger charge is 2.16. The van der Waals surface area contributed by atoms with Gasteiger partial charge in [-0.2, -0.15) is 0 Å². The summed E-state index contributed by atoms with van der Waals surface area (Å²) in [4.78, 5) is 13.7. The number of aromatic nitrogens is 1. The Morgan fingerprint density at radius 1 is 1.43 bits per heavy atom. The van der Waals surface area contributed by atoms with Crippen LogP contribution in [0, 0.1) is 19.7 Å². The number of benzene rings is 1. The molecule has 1 N–H and O–H groups in total. The number of hydrogen-bond donors (Lipinski definition) is 1. The monoisotopic (exact) mass is 321 g/mol. The number of rotatable bonds is 5. The van der Waals surface area contributed by atoms with Crippen molar-refractivity contribution in [3.63, 3.8) is 0 Å². The maximum absolute atomic E-state index is 13.8. The lowest BCUT2D eigenvalue weighted by atomic mass is 10.2. The van der Waals surface area contributed by atoms with E-state index in [0.717, 1.165) is 11.3 Å². The minimum absolute atomic E-state index is 0.162. The molecule has 0 aliphatic rings. The van der Waals surface area contributed by atoms with Gasteiger partial charge in [0.25, 0.3) is 0 Å². The van der Waals surface area contributed by atoms with Crippen LogP contribution in [0.5, 0.6) is 5.75 Å². The first-order valence-corrected chi connectivity index (χ1v) is 7.28. The van der Waals surface area contributed by atoms with E-state index in [0.29, 0.717) is 24.6 Å². The van der Waals surface area contributed by atoms with Crippen LogP contribution >= 0.6 is 0 Å². The molecule has 2 amide bonds. The van der Waals surface area contributed by atoms with E-state index in [9.17, 15) is 9.18 Å². The third-order valence-electron chi connectivity index (χ3n) is 3.41. The average molecular weight is 321 g/mol. The summed E-state index contributed by atoms with van der Waals surface area (Å²) in [7, 11) is 1.64. The van der Waals surface area contributed by atoms with Gasteiger partial charge in [-0.05, 0) is 32.9 Å². The Morgan fingerprint density at radius 2 is 2.17 bits per heavy atom. The number of nitrogens with zero attached hydrogens (tertiary/aromatic N) is 2. The Kier molecular flexibility index (Phi) is 5.20. The SMILES string of the molecule is CCOc1ccc(NC(=O)N(C)Cc2c(C)noc2C)cc1F. The lowest BCUT2D eigenvalue weighted by Crippen LogP contribution is -2.31. The van der Waals surface area contributed by atoms with Crippen molar-refractivity contribution in [2.45, 2.75) is 27.3 Å². The van der Waals surface area contributed by atoms with Crippen molar-refractivity contribution in [2.24, 2.45) is 0 Å². The van der Waals surface area contributed by atoms with E-state index >= 15 is 0 Å². The van der Waals surface area contributed by atoms with Crippen LogP contribution in [0.2, 0.25) is 0 Å². The maximum Gasteiger partial charge on any atom is 0.321 e. The average Bonchev–Trinajstić information content (AvgIpc) is 2.82. The second-order valence-corrected chi connectivity index (χ2v) is 5.17. The molecule has 0 saturated carbocycles. The van der Waals surface area contributed by atoms with E-state index in [4.69, 9.17) is 9.26 Å². The van der Waals surface area contributed by atoms with Crippen LogP contribution in [-0.2, 0) is 6.54 Å². The molecule has 2 aromatic rings. The maximum atomic E-state index is 13.8. The predicted molar refractivity (Wildman–Crippen MR) is 84.0 cm³/mol. The Bertz CT molecular complexity index is 680. The molecule has 23 heavy (non-hydrogen) atoms. The Labute approximate surface area is 134 Å². The number of halogens is 1. The van der Waals surface area contributed by atoms with Crippen molar-refractivity contribution in [3.8, 4) is 5.75 Å². The van der Waals surface area contributed by atoms with Crippen LogP contribution in [0.4, 0.5) is 14.9 Å². The fourth-order valence-electron chi connectivity index (χ4n) is 2.11. The van der Waals surface area contributed by atoms with Crippen molar-refractivity contribution in [3.05, 3.63) is 41.0 Å². The van der Waals surface area contributed by atoms with Crippen molar-refractivity contribution >= 4 is 11.7 Å². The highest BCUT2D eigenvalue weighted by molar-refractivity contribution is 5.89. The second kappa shape index (κ2) is 7.13. The van der Waals surface area contributed by atoms with Crippen LogP contribution in [0.3, 0.4) is 0 Å². The zero-order valence-corrected chi connectivity index (χ0v) is 13.6. The van der Waals surface area contributed by atoms with Gasteiger partial charge in [0.2, 0.25) is 0 Å². The molecule has 7 heteroatoms. The highest BCUT2D eigenvalue weighted by atomic mass is 19.1. The van der Waals surface area contributed by atoms with Gasteiger partial charge in [0.05, 0.1) is 18.8 Å². The summed E-state index contributed by atoms with van der Waals surface area (Å²) >= 11 is 0. The van der Waals surface area contributed by atoms with Crippen molar-refractivity contribution in [2.75, 3.05) is 19.0 Å². The minimum atomic E-state index is -0.516. The molecule has 1 heterocycles. The molecule has 2 rings (SSSR count). The predicted octanol–water partition coefficient (Wildman–Crippen LogP) is 3.49. The largest absolute Gasteiger partial charge is 0.491 e. The zero-order chi connectivity index (χ0) is 17.0. The van der Waals surface area contributed by atoms with E-state index in [1.807, 2.05) is 6.92 Å². The number of urea groups is 1. The first-order chi connectivity index (χ1) is 10.9. The third kappa shape index (κ3) is 4.00. The summed E-state index contributed by atoms with van der Waals surface area (Å²) in [6, 6.07) is 3.96.